The Morgan fingerprint density at radius 3 is 2.38 bits per heavy atom. The van der Waals surface area contributed by atoms with Crippen LogP contribution in [0.2, 0.25) is 18.1 Å². The Morgan fingerprint density at radius 1 is 1.10 bits per heavy atom. The third kappa shape index (κ3) is 4.05. The summed E-state index contributed by atoms with van der Waals surface area (Å²) in [6.45, 7) is 24.6. The van der Waals surface area contributed by atoms with Gasteiger partial charge in [0.05, 0.1) is 6.10 Å². The molecule has 3 saturated carbocycles. The normalized spacial score (nSPS) is 44.0. The molecule has 0 amide bonds. The highest BCUT2D eigenvalue weighted by atomic mass is 28.4. The Morgan fingerprint density at radius 2 is 1.76 bits per heavy atom. The zero-order valence-corrected chi connectivity index (χ0v) is 21.6. The lowest BCUT2D eigenvalue weighted by Crippen LogP contribution is -2.52. The number of aliphatic hydroxyl groups is 1. The van der Waals surface area contributed by atoms with Gasteiger partial charge in [-0.2, -0.15) is 0 Å². The third-order valence-electron chi connectivity index (χ3n) is 10.4. The topological polar surface area (TPSA) is 29.5 Å². The summed E-state index contributed by atoms with van der Waals surface area (Å²) in [4.78, 5) is 0. The van der Waals surface area contributed by atoms with Gasteiger partial charge in [-0.1, -0.05) is 53.7 Å². The van der Waals surface area contributed by atoms with Crippen LogP contribution in [0.3, 0.4) is 0 Å². The Bertz CT molecular complexity index is 621. The van der Waals surface area contributed by atoms with Crippen molar-refractivity contribution in [3.8, 4) is 0 Å². The van der Waals surface area contributed by atoms with Gasteiger partial charge in [0, 0.05) is 6.61 Å². The fraction of sp³-hybridized carbons (Fsp3) is 0.923. The summed E-state index contributed by atoms with van der Waals surface area (Å²) < 4.78 is 6.74. The van der Waals surface area contributed by atoms with E-state index >= 15 is 0 Å². The maximum Gasteiger partial charge on any atom is 0.191 e. The largest absolute Gasteiger partial charge is 0.417 e. The van der Waals surface area contributed by atoms with Gasteiger partial charge >= 0.3 is 0 Å². The van der Waals surface area contributed by atoms with Crippen LogP contribution in [0.25, 0.3) is 0 Å². The van der Waals surface area contributed by atoms with Gasteiger partial charge < -0.3 is 9.53 Å². The number of hydrogen-bond donors (Lipinski definition) is 1. The van der Waals surface area contributed by atoms with Gasteiger partial charge in [0.25, 0.3) is 0 Å². The van der Waals surface area contributed by atoms with Gasteiger partial charge in [-0.05, 0) is 97.6 Å². The minimum absolute atomic E-state index is 0.147. The zero-order chi connectivity index (χ0) is 21.8. The van der Waals surface area contributed by atoms with Gasteiger partial charge in [-0.15, -0.1) is 0 Å². The average Bonchev–Trinajstić information content (AvgIpc) is 2.91. The van der Waals surface area contributed by atoms with Crippen LogP contribution >= 0.6 is 0 Å². The van der Waals surface area contributed by atoms with Crippen molar-refractivity contribution in [2.75, 3.05) is 6.61 Å². The quantitative estimate of drug-likeness (QED) is 0.385. The highest BCUT2D eigenvalue weighted by Crippen LogP contribution is 2.63. The van der Waals surface area contributed by atoms with E-state index in [1.54, 1.807) is 0 Å². The Hall–Kier alpha value is -0.123. The number of fused-ring (bicyclic) bond motifs is 1. The lowest BCUT2D eigenvalue weighted by Gasteiger charge is -2.56. The molecule has 0 aromatic carbocycles. The van der Waals surface area contributed by atoms with E-state index in [0.29, 0.717) is 11.3 Å². The van der Waals surface area contributed by atoms with E-state index in [1.165, 1.54) is 31.3 Å². The van der Waals surface area contributed by atoms with E-state index in [-0.39, 0.29) is 16.6 Å². The maximum atomic E-state index is 10.5. The average molecular weight is 421 g/mol. The SMILES string of the molecule is C=C1CC[C@H]2[C@H](C)[C@@H]([C@@]3(C)CC[C@H](O)C[C@@H]3CO[Si](C)(C)C(C)(C)C)CC[C@]12C. The Labute approximate surface area is 182 Å². The molecule has 7 atom stereocenters. The summed E-state index contributed by atoms with van der Waals surface area (Å²) in [5, 5.41) is 10.8. The first-order valence-corrected chi connectivity index (χ1v) is 15.1. The van der Waals surface area contributed by atoms with Crippen molar-refractivity contribution >= 4 is 8.32 Å². The predicted molar refractivity (Wildman–Crippen MR) is 126 cm³/mol. The molecule has 1 N–H and O–H groups in total. The molecule has 3 rings (SSSR count). The van der Waals surface area contributed by atoms with Crippen LogP contribution in [0, 0.1) is 34.5 Å². The molecule has 0 aromatic rings. The van der Waals surface area contributed by atoms with Crippen molar-refractivity contribution in [2.45, 2.75) is 111 Å². The lowest BCUT2D eigenvalue weighted by molar-refractivity contribution is -0.0881. The minimum atomic E-state index is -1.78. The smallest absolute Gasteiger partial charge is 0.191 e. The van der Waals surface area contributed by atoms with E-state index in [4.69, 9.17) is 4.43 Å². The second-order valence-corrected chi connectivity index (χ2v) is 17.7. The highest BCUT2D eigenvalue weighted by Gasteiger charge is 2.55. The van der Waals surface area contributed by atoms with E-state index < -0.39 is 8.32 Å². The minimum Gasteiger partial charge on any atom is -0.417 e. The van der Waals surface area contributed by atoms with E-state index in [1.807, 2.05) is 0 Å². The van der Waals surface area contributed by atoms with Crippen molar-refractivity contribution in [1.29, 1.82) is 0 Å². The first-order chi connectivity index (χ1) is 13.2. The molecule has 29 heavy (non-hydrogen) atoms. The molecule has 3 aliphatic rings. The van der Waals surface area contributed by atoms with Gasteiger partial charge in [-0.3, -0.25) is 0 Å². The molecule has 0 bridgehead atoms. The fourth-order valence-corrected chi connectivity index (χ4v) is 8.05. The Balaban J connectivity index is 1.81. The number of allylic oxidation sites excluding steroid dienone is 1. The van der Waals surface area contributed by atoms with Crippen molar-refractivity contribution in [3.63, 3.8) is 0 Å². The van der Waals surface area contributed by atoms with Crippen LogP contribution in [-0.4, -0.2) is 26.1 Å². The van der Waals surface area contributed by atoms with Crippen LogP contribution in [0.15, 0.2) is 12.2 Å². The standard InChI is InChI=1S/C26H48O2Si/c1-18-10-11-22-19(2)23(13-15-25(18,22)6)26(7)14-12-21(27)16-20(26)17-28-29(8,9)24(3,4)5/h19-23,27H,1,10-17H2,2-9H3/t19-,20+,21-,22-,23-,25+,26-/m0/s1. The van der Waals surface area contributed by atoms with Crippen LogP contribution < -0.4 is 0 Å². The summed E-state index contributed by atoms with van der Waals surface area (Å²) in [5.41, 5.74) is 2.16. The van der Waals surface area contributed by atoms with Crippen molar-refractivity contribution < 1.29 is 9.53 Å². The van der Waals surface area contributed by atoms with Crippen LogP contribution in [-0.2, 0) is 4.43 Å². The van der Waals surface area contributed by atoms with Gasteiger partial charge in [-0.25, -0.2) is 0 Å². The van der Waals surface area contributed by atoms with Crippen molar-refractivity contribution in [2.24, 2.45) is 34.5 Å². The summed E-state index contributed by atoms with van der Waals surface area (Å²) in [6.07, 6.45) is 8.07. The van der Waals surface area contributed by atoms with Gasteiger partial charge in [0.2, 0.25) is 0 Å². The molecule has 0 heterocycles. The summed E-state index contributed by atoms with van der Waals surface area (Å²) in [6, 6.07) is 0. The van der Waals surface area contributed by atoms with Crippen LogP contribution in [0.5, 0.6) is 0 Å². The van der Waals surface area contributed by atoms with Gasteiger partial charge in [0.1, 0.15) is 0 Å². The molecule has 3 heteroatoms. The van der Waals surface area contributed by atoms with E-state index in [2.05, 4.69) is 61.2 Å². The molecule has 0 saturated heterocycles. The number of rotatable bonds is 4. The molecule has 3 aliphatic carbocycles. The monoisotopic (exact) mass is 420 g/mol. The molecule has 0 radical (unpaired) electrons. The summed E-state index contributed by atoms with van der Waals surface area (Å²) in [7, 11) is -1.78. The molecule has 2 nitrogen and oxygen atoms in total. The summed E-state index contributed by atoms with van der Waals surface area (Å²) in [5.74, 6) is 2.75. The molecule has 3 fully saturated rings. The number of aliphatic hydroxyl groups excluding tert-OH is 1. The molecule has 0 aliphatic heterocycles. The van der Waals surface area contributed by atoms with Crippen molar-refractivity contribution in [1.82, 2.24) is 0 Å². The van der Waals surface area contributed by atoms with E-state index in [0.717, 1.165) is 43.6 Å². The molecular formula is C26H48O2Si. The maximum absolute atomic E-state index is 10.5. The van der Waals surface area contributed by atoms with Crippen molar-refractivity contribution in [3.05, 3.63) is 12.2 Å². The predicted octanol–water partition coefficient (Wildman–Crippen LogP) is 7.19. The zero-order valence-electron chi connectivity index (χ0n) is 20.6. The molecular weight excluding hydrogens is 372 g/mol. The van der Waals surface area contributed by atoms with E-state index in [9.17, 15) is 5.11 Å². The third-order valence-corrected chi connectivity index (χ3v) is 14.9. The lowest BCUT2D eigenvalue weighted by atomic mass is 9.49. The first-order valence-electron chi connectivity index (χ1n) is 12.2. The van der Waals surface area contributed by atoms with Gasteiger partial charge in [0.15, 0.2) is 8.32 Å². The summed E-state index contributed by atoms with van der Waals surface area (Å²) >= 11 is 0. The number of hydrogen-bond acceptors (Lipinski definition) is 2. The van der Waals surface area contributed by atoms with Crippen LogP contribution in [0.4, 0.5) is 0 Å². The van der Waals surface area contributed by atoms with Crippen LogP contribution in [0.1, 0.15) is 86.5 Å². The molecule has 0 unspecified atom stereocenters. The first kappa shape index (κ1) is 23.5. The molecule has 0 spiro atoms. The fourth-order valence-electron chi connectivity index (χ4n) is 7.00. The Kier molecular flexibility index (Phi) is 6.31. The molecule has 168 valence electrons. The second-order valence-electron chi connectivity index (χ2n) is 12.9. The second kappa shape index (κ2) is 7.78. The highest BCUT2D eigenvalue weighted by molar-refractivity contribution is 6.74. The molecule has 0 aromatic heterocycles.